The minimum Gasteiger partial charge on any atom is -0.396 e. The maximum absolute atomic E-state index is 8.63. The summed E-state index contributed by atoms with van der Waals surface area (Å²) in [5.41, 5.74) is 0. The van der Waals surface area contributed by atoms with Crippen LogP contribution in [0, 0.1) is 5.92 Å². The van der Waals surface area contributed by atoms with E-state index in [1.807, 2.05) is 0 Å². The average molecular weight is 142 g/mol. The molecule has 0 fully saturated rings. The van der Waals surface area contributed by atoms with Crippen molar-refractivity contribution < 1.29 is 5.11 Å². The Morgan fingerprint density at radius 1 is 1.40 bits per heavy atom. The van der Waals surface area contributed by atoms with Crippen molar-refractivity contribution in [2.45, 2.75) is 33.1 Å². The van der Waals surface area contributed by atoms with E-state index in [0.717, 1.165) is 19.3 Å². The molecule has 0 spiro atoms. The van der Waals surface area contributed by atoms with Crippen molar-refractivity contribution in [2.24, 2.45) is 5.92 Å². The van der Waals surface area contributed by atoms with Crippen molar-refractivity contribution in [1.29, 1.82) is 0 Å². The first kappa shape index (κ1) is 9.70. The van der Waals surface area contributed by atoms with Crippen molar-refractivity contribution in [3.8, 4) is 0 Å². The van der Waals surface area contributed by atoms with Crippen LogP contribution in [0.1, 0.15) is 33.1 Å². The lowest BCUT2D eigenvalue weighted by Gasteiger charge is -2.05. The topological polar surface area (TPSA) is 20.2 Å². The van der Waals surface area contributed by atoms with E-state index in [9.17, 15) is 0 Å². The van der Waals surface area contributed by atoms with Crippen molar-refractivity contribution in [2.75, 3.05) is 6.61 Å². The molecule has 0 aliphatic carbocycles. The zero-order valence-electron chi connectivity index (χ0n) is 7.01. The summed E-state index contributed by atoms with van der Waals surface area (Å²) < 4.78 is 0. The van der Waals surface area contributed by atoms with Gasteiger partial charge in [0.2, 0.25) is 0 Å². The molecular weight excluding hydrogens is 124 g/mol. The van der Waals surface area contributed by atoms with E-state index in [0.29, 0.717) is 12.5 Å². The van der Waals surface area contributed by atoms with Gasteiger partial charge in [-0.2, -0.15) is 0 Å². The van der Waals surface area contributed by atoms with Gasteiger partial charge in [-0.25, -0.2) is 0 Å². The van der Waals surface area contributed by atoms with Gasteiger partial charge >= 0.3 is 0 Å². The van der Waals surface area contributed by atoms with E-state index >= 15 is 0 Å². The molecule has 0 aromatic carbocycles. The highest BCUT2D eigenvalue weighted by Crippen LogP contribution is 2.08. The molecule has 0 amide bonds. The normalized spacial score (nSPS) is 14.3. The van der Waals surface area contributed by atoms with Crippen LogP contribution >= 0.6 is 0 Å². The van der Waals surface area contributed by atoms with Gasteiger partial charge in [0.25, 0.3) is 0 Å². The lowest BCUT2D eigenvalue weighted by atomic mass is 10.0. The molecule has 0 radical (unpaired) electrons. The highest BCUT2D eigenvalue weighted by molar-refractivity contribution is 4.86. The average Bonchev–Trinajstić information content (AvgIpc) is 1.98. The Morgan fingerprint density at radius 2 is 2.10 bits per heavy atom. The molecule has 1 atom stereocenters. The van der Waals surface area contributed by atoms with E-state index in [4.69, 9.17) is 5.11 Å². The van der Waals surface area contributed by atoms with E-state index in [1.165, 1.54) is 0 Å². The largest absolute Gasteiger partial charge is 0.396 e. The highest BCUT2D eigenvalue weighted by Gasteiger charge is 1.98. The van der Waals surface area contributed by atoms with Crippen LogP contribution in [-0.4, -0.2) is 11.7 Å². The molecule has 60 valence electrons. The fraction of sp³-hybridized carbons (Fsp3) is 0.778. The van der Waals surface area contributed by atoms with Crippen molar-refractivity contribution >= 4 is 0 Å². The Labute approximate surface area is 63.8 Å². The first-order valence-electron chi connectivity index (χ1n) is 4.12. The maximum atomic E-state index is 8.63. The Kier molecular flexibility index (Phi) is 6.61. The van der Waals surface area contributed by atoms with E-state index < -0.39 is 0 Å². The Hall–Kier alpha value is -0.300. The Balaban J connectivity index is 3.48. The van der Waals surface area contributed by atoms with Crippen LogP contribution < -0.4 is 0 Å². The van der Waals surface area contributed by atoms with Gasteiger partial charge in [0.15, 0.2) is 0 Å². The minimum atomic E-state index is 0.312. The van der Waals surface area contributed by atoms with Crippen LogP contribution in [0.5, 0.6) is 0 Å². The summed E-state index contributed by atoms with van der Waals surface area (Å²) in [5, 5.41) is 8.63. The van der Waals surface area contributed by atoms with Crippen molar-refractivity contribution in [1.82, 2.24) is 0 Å². The molecule has 0 aromatic heterocycles. The van der Waals surface area contributed by atoms with Gasteiger partial charge in [0.1, 0.15) is 0 Å². The second kappa shape index (κ2) is 6.81. The Morgan fingerprint density at radius 3 is 2.50 bits per heavy atom. The second-order valence-corrected chi connectivity index (χ2v) is 2.52. The molecule has 0 bridgehead atoms. The van der Waals surface area contributed by atoms with Gasteiger partial charge in [-0.05, 0) is 25.2 Å². The lowest BCUT2D eigenvalue weighted by molar-refractivity contribution is 0.268. The second-order valence-electron chi connectivity index (χ2n) is 2.52. The van der Waals surface area contributed by atoms with E-state index in [1.54, 1.807) is 0 Å². The fourth-order valence-corrected chi connectivity index (χ4v) is 0.931. The summed E-state index contributed by atoms with van der Waals surface area (Å²) in [6.45, 7) is 4.59. The van der Waals surface area contributed by atoms with Gasteiger partial charge < -0.3 is 5.11 Å². The van der Waals surface area contributed by atoms with Crippen LogP contribution in [0.15, 0.2) is 12.2 Å². The summed E-state index contributed by atoms with van der Waals surface area (Å²) in [6.07, 6.45) is 7.52. The van der Waals surface area contributed by atoms with Crippen LogP contribution in [0.25, 0.3) is 0 Å². The molecule has 0 aliphatic rings. The monoisotopic (exact) mass is 142 g/mol. The molecule has 10 heavy (non-hydrogen) atoms. The molecular formula is C9H18O. The summed E-state index contributed by atoms with van der Waals surface area (Å²) in [5.74, 6) is 0.588. The van der Waals surface area contributed by atoms with Gasteiger partial charge in [-0.3, -0.25) is 0 Å². The van der Waals surface area contributed by atoms with E-state index in [-0.39, 0.29) is 0 Å². The number of hydrogen-bond acceptors (Lipinski definition) is 1. The van der Waals surface area contributed by atoms with Crippen LogP contribution in [0.3, 0.4) is 0 Å². The highest BCUT2D eigenvalue weighted by atomic mass is 16.3. The Bertz CT molecular complexity index is 86.7. The number of aliphatic hydroxyl groups is 1. The molecule has 1 heteroatoms. The van der Waals surface area contributed by atoms with Crippen LogP contribution in [0.4, 0.5) is 0 Å². The summed E-state index contributed by atoms with van der Waals surface area (Å²) >= 11 is 0. The zero-order chi connectivity index (χ0) is 7.82. The van der Waals surface area contributed by atoms with Gasteiger partial charge in [0.05, 0.1) is 0 Å². The molecule has 0 heterocycles. The summed E-state index contributed by atoms with van der Waals surface area (Å²) in [4.78, 5) is 0. The molecule has 0 unspecified atom stereocenters. The molecule has 0 aliphatic heterocycles. The maximum Gasteiger partial charge on any atom is 0.0436 e. The summed E-state index contributed by atoms with van der Waals surface area (Å²) in [6, 6.07) is 0. The SMILES string of the molecule is CC/C=C/[C@H](CC)CCO. The molecule has 0 aromatic rings. The molecule has 0 saturated heterocycles. The third-order valence-corrected chi connectivity index (χ3v) is 1.67. The van der Waals surface area contributed by atoms with Crippen LogP contribution in [-0.2, 0) is 0 Å². The van der Waals surface area contributed by atoms with Crippen LogP contribution in [0.2, 0.25) is 0 Å². The lowest BCUT2D eigenvalue weighted by Crippen LogP contribution is -1.97. The first-order chi connectivity index (χ1) is 4.85. The predicted octanol–water partition coefficient (Wildman–Crippen LogP) is 2.36. The van der Waals surface area contributed by atoms with Gasteiger partial charge in [0, 0.05) is 6.61 Å². The molecule has 1 nitrogen and oxygen atoms in total. The minimum absolute atomic E-state index is 0.312. The van der Waals surface area contributed by atoms with Gasteiger partial charge in [-0.15, -0.1) is 0 Å². The number of allylic oxidation sites excluding steroid dienone is 2. The summed E-state index contributed by atoms with van der Waals surface area (Å²) in [7, 11) is 0. The van der Waals surface area contributed by atoms with Gasteiger partial charge in [-0.1, -0.05) is 26.0 Å². The smallest absolute Gasteiger partial charge is 0.0436 e. The molecule has 0 saturated carbocycles. The first-order valence-corrected chi connectivity index (χ1v) is 4.12. The fourth-order valence-electron chi connectivity index (χ4n) is 0.931. The zero-order valence-corrected chi connectivity index (χ0v) is 7.01. The van der Waals surface area contributed by atoms with Crippen molar-refractivity contribution in [3.63, 3.8) is 0 Å². The number of aliphatic hydroxyl groups excluding tert-OH is 1. The molecule has 0 rings (SSSR count). The third-order valence-electron chi connectivity index (χ3n) is 1.67. The quantitative estimate of drug-likeness (QED) is 0.584. The number of hydrogen-bond donors (Lipinski definition) is 1. The van der Waals surface area contributed by atoms with Crippen molar-refractivity contribution in [3.05, 3.63) is 12.2 Å². The third kappa shape index (κ3) is 4.57. The predicted molar refractivity (Wildman–Crippen MR) is 44.9 cm³/mol. The van der Waals surface area contributed by atoms with E-state index in [2.05, 4.69) is 26.0 Å². The standard InChI is InChI=1S/C9H18O/c1-3-5-6-9(4-2)7-8-10/h5-6,9-10H,3-4,7-8H2,1-2H3/b6-5+/t9-/m0/s1. The number of rotatable bonds is 5. The molecule has 1 N–H and O–H groups in total.